The number of rotatable bonds is 6. The molecule has 172 valence electrons. The summed E-state index contributed by atoms with van der Waals surface area (Å²) in [5.74, 6) is 0.390. The van der Waals surface area contributed by atoms with Crippen LogP contribution in [0.25, 0.3) is 0 Å². The molecule has 9 heteroatoms. The minimum Gasteiger partial charge on any atom is -0.490 e. The minimum atomic E-state index is -4.73. The van der Waals surface area contributed by atoms with E-state index >= 15 is 0 Å². The van der Waals surface area contributed by atoms with Crippen LogP contribution in [-0.4, -0.2) is 30.0 Å². The normalized spacial score (nSPS) is 21.5. The lowest BCUT2D eigenvalue weighted by atomic mass is 9.90. The van der Waals surface area contributed by atoms with Gasteiger partial charge in [-0.3, -0.25) is 4.90 Å². The monoisotopic (exact) mass is 478 g/mol. The third-order valence-corrected chi connectivity index (χ3v) is 5.38. The van der Waals surface area contributed by atoms with E-state index < -0.39 is 6.36 Å². The Morgan fingerprint density at radius 2 is 1.71 bits per heavy atom. The second-order valence-electron chi connectivity index (χ2n) is 7.77. The van der Waals surface area contributed by atoms with Crippen LogP contribution in [0.3, 0.4) is 0 Å². The third kappa shape index (κ3) is 6.91. The van der Waals surface area contributed by atoms with Crippen LogP contribution in [0, 0.1) is 0 Å². The van der Waals surface area contributed by atoms with Crippen molar-refractivity contribution in [1.82, 2.24) is 4.90 Å². The largest absolute Gasteiger partial charge is 0.573 e. The summed E-state index contributed by atoms with van der Waals surface area (Å²) in [7, 11) is 0. The van der Waals surface area contributed by atoms with E-state index in [9.17, 15) is 13.2 Å². The third-order valence-electron chi connectivity index (χ3n) is 5.38. The van der Waals surface area contributed by atoms with Crippen LogP contribution in [0.5, 0.6) is 11.5 Å². The molecule has 0 radical (unpaired) electrons. The van der Waals surface area contributed by atoms with Gasteiger partial charge in [0.25, 0.3) is 0 Å². The Kier molecular flexibility index (Phi) is 8.89. The van der Waals surface area contributed by atoms with Gasteiger partial charge in [-0.15, -0.1) is 38.0 Å². The Hall–Kier alpha value is -1.67. The molecular formula is C22H27Cl2F3N2O2. The van der Waals surface area contributed by atoms with Crippen LogP contribution in [0.2, 0.25) is 0 Å². The number of halogens is 5. The molecule has 1 saturated heterocycles. The van der Waals surface area contributed by atoms with Gasteiger partial charge in [-0.1, -0.05) is 30.3 Å². The van der Waals surface area contributed by atoms with Crippen molar-refractivity contribution in [1.29, 1.82) is 0 Å². The number of likely N-dealkylation sites (tertiary alicyclic amines) is 1. The fraction of sp³-hybridized carbons (Fsp3) is 0.455. The maximum absolute atomic E-state index is 12.7. The van der Waals surface area contributed by atoms with Crippen molar-refractivity contribution in [3.63, 3.8) is 0 Å². The van der Waals surface area contributed by atoms with Crippen molar-refractivity contribution in [3.8, 4) is 11.5 Å². The van der Waals surface area contributed by atoms with E-state index in [1.54, 1.807) is 6.07 Å². The number of hydrogen-bond donors (Lipinski definition) is 1. The first-order chi connectivity index (χ1) is 13.9. The zero-order chi connectivity index (χ0) is 20.4. The average molecular weight is 479 g/mol. The molecule has 31 heavy (non-hydrogen) atoms. The second kappa shape index (κ2) is 10.8. The van der Waals surface area contributed by atoms with Gasteiger partial charge in [-0.2, -0.15) is 0 Å². The predicted octanol–water partition coefficient (Wildman–Crippen LogP) is 5.63. The van der Waals surface area contributed by atoms with Gasteiger partial charge in [0.1, 0.15) is 11.5 Å². The molecule has 1 saturated carbocycles. The van der Waals surface area contributed by atoms with Crippen LogP contribution >= 0.6 is 24.8 Å². The van der Waals surface area contributed by atoms with Gasteiger partial charge in [-0.25, -0.2) is 0 Å². The highest BCUT2D eigenvalue weighted by molar-refractivity contribution is 5.85. The lowest BCUT2D eigenvalue weighted by Gasteiger charge is -2.40. The van der Waals surface area contributed by atoms with E-state index in [1.807, 2.05) is 30.3 Å². The summed E-state index contributed by atoms with van der Waals surface area (Å²) in [4.78, 5) is 2.23. The quantitative estimate of drug-likeness (QED) is 0.583. The number of hydrogen-bond acceptors (Lipinski definition) is 4. The standard InChI is InChI=1S/C22H25F3N2O2.2ClH/c23-22(24,25)29-18-10-11-20(28-17-8-9-17)16(13-18)14-27-12-4-7-19(26)21(27)15-5-2-1-3-6-15;;/h1-3,5-6,10-11,13,17,19,21H,4,7-9,12,14,26H2;2*1H. The number of piperidine rings is 1. The molecule has 2 aromatic carbocycles. The molecule has 2 aliphatic rings. The predicted molar refractivity (Wildman–Crippen MR) is 118 cm³/mol. The van der Waals surface area contributed by atoms with E-state index in [4.69, 9.17) is 10.5 Å². The first-order valence-electron chi connectivity index (χ1n) is 9.99. The average Bonchev–Trinajstić information content (AvgIpc) is 3.48. The molecule has 0 spiro atoms. The van der Waals surface area contributed by atoms with Crippen molar-refractivity contribution in [2.24, 2.45) is 5.73 Å². The van der Waals surface area contributed by atoms with E-state index in [0.717, 1.165) is 37.8 Å². The van der Waals surface area contributed by atoms with Gasteiger partial charge < -0.3 is 15.2 Å². The molecule has 1 heterocycles. The SMILES string of the molecule is Cl.Cl.NC1CCCN(Cc2cc(OC(F)(F)F)ccc2OC2CC2)C1c1ccccc1. The van der Waals surface area contributed by atoms with Gasteiger partial charge in [-0.05, 0) is 56.0 Å². The molecule has 0 bridgehead atoms. The summed E-state index contributed by atoms with van der Waals surface area (Å²) in [5, 5.41) is 0. The topological polar surface area (TPSA) is 47.7 Å². The number of benzene rings is 2. The van der Waals surface area contributed by atoms with Crippen molar-refractivity contribution in [3.05, 3.63) is 59.7 Å². The number of nitrogens with two attached hydrogens (primary N) is 1. The molecule has 2 aromatic rings. The zero-order valence-electron chi connectivity index (χ0n) is 16.9. The van der Waals surface area contributed by atoms with Gasteiger partial charge in [0.05, 0.1) is 12.1 Å². The Bertz CT molecular complexity index is 835. The molecule has 0 amide bonds. The smallest absolute Gasteiger partial charge is 0.490 e. The Labute approximate surface area is 192 Å². The lowest BCUT2D eigenvalue weighted by Crippen LogP contribution is -2.45. The number of nitrogens with zero attached hydrogens (tertiary/aromatic N) is 1. The first kappa shape index (κ1) is 25.6. The highest BCUT2D eigenvalue weighted by Crippen LogP contribution is 2.37. The summed E-state index contributed by atoms with van der Waals surface area (Å²) < 4.78 is 48.2. The molecule has 1 aliphatic heterocycles. The van der Waals surface area contributed by atoms with Gasteiger partial charge >= 0.3 is 6.36 Å². The van der Waals surface area contributed by atoms with Crippen LogP contribution in [0.4, 0.5) is 13.2 Å². The fourth-order valence-corrected chi connectivity index (χ4v) is 3.96. The molecule has 2 N–H and O–H groups in total. The van der Waals surface area contributed by atoms with E-state index in [1.165, 1.54) is 12.1 Å². The Morgan fingerprint density at radius 3 is 2.35 bits per heavy atom. The molecule has 4 rings (SSSR count). The highest BCUT2D eigenvalue weighted by atomic mass is 35.5. The van der Waals surface area contributed by atoms with Gasteiger partial charge in [0.2, 0.25) is 0 Å². The Balaban J connectivity index is 0.00000171. The van der Waals surface area contributed by atoms with E-state index in [2.05, 4.69) is 9.64 Å². The zero-order valence-corrected chi connectivity index (χ0v) is 18.5. The van der Waals surface area contributed by atoms with Crippen LogP contribution in [-0.2, 0) is 6.54 Å². The van der Waals surface area contributed by atoms with Crippen molar-refractivity contribution in [2.45, 2.75) is 56.8 Å². The summed E-state index contributed by atoms with van der Waals surface area (Å²) in [6.07, 6.45) is -0.767. The van der Waals surface area contributed by atoms with Crippen LogP contribution < -0.4 is 15.2 Å². The molecule has 2 atom stereocenters. The molecule has 1 aliphatic carbocycles. The lowest BCUT2D eigenvalue weighted by molar-refractivity contribution is -0.274. The maximum Gasteiger partial charge on any atom is 0.573 e. The minimum absolute atomic E-state index is 0. The highest BCUT2D eigenvalue weighted by Gasteiger charge is 2.34. The molecule has 0 aromatic heterocycles. The number of ether oxygens (including phenoxy) is 2. The molecule has 4 nitrogen and oxygen atoms in total. The van der Waals surface area contributed by atoms with Gasteiger partial charge in [0.15, 0.2) is 0 Å². The van der Waals surface area contributed by atoms with E-state index in [-0.39, 0.29) is 48.8 Å². The van der Waals surface area contributed by atoms with Crippen LogP contribution in [0.15, 0.2) is 48.5 Å². The second-order valence-corrected chi connectivity index (χ2v) is 7.77. The fourth-order valence-electron chi connectivity index (χ4n) is 3.96. The summed E-state index contributed by atoms with van der Waals surface area (Å²) in [6, 6.07) is 14.3. The summed E-state index contributed by atoms with van der Waals surface area (Å²) in [5.41, 5.74) is 8.26. The molecule has 2 fully saturated rings. The maximum atomic E-state index is 12.7. The van der Waals surface area contributed by atoms with Crippen LogP contribution in [0.1, 0.15) is 42.9 Å². The van der Waals surface area contributed by atoms with Crippen molar-refractivity contribution >= 4 is 24.8 Å². The molecule has 2 unspecified atom stereocenters. The van der Waals surface area contributed by atoms with Gasteiger partial charge in [0, 0.05) is 18.2 Å². The van der Waals surface area contributed by atoms with Crippen molar-refractivity contribution < 1.29 is 22.6 Å². The summed E-state index contributed by atoms with van der Waals surface area (Å²) >= 11 is 0. The number of alkyl halides is 3. The first-order valence-corrected chi connectivity index (χ1v) is 9.99. The van der Waals surface area contributed by atoms with Crippen molar-refractivity contribution in [2.75, 3.05) is 6.54 Å². The molecular weight excluding hydrogens is 452 g/mol. The summed E-state index contributed by atoms with van der Waals surface area (Å²) in [6.45, 7) is 1.27. The van der Waals surface area contributed by atoms with E-state index in [0.29, 0.717) is 17.9 Å². The Morgan fingerprint density at radius 1 is 1.00 bits per heavy atom.